The summed E-state index contributed by atoms with van der Waals surface area (Å²) < 4.78 is 0. The maximum Gasteiger partial charge on any atom is 0.180 e. The number of rotatable bonds is 2. The molecule has 0 nitrogen and oxygen atoms in total. The molecule has 0 atom stereocenters. The Bertz CT molecular complexity index is 1030. The molecule has 0 aromatic heterocycles. The Balaban J connectivity index is 1.94. The molecule has 130 valence electrons. The third kappa shape index (κ3) is 2.28. The standard InChI is InChI=1S/C26H22Si/c1-19-11-15-21(16-12-19)27(22-17-13-20(2)14-18-22)25-9-5-3-7-23(25)24-8-4-6-10-26(24)27/h3-18H,1-2H3. The fourth-order valence-corrected chi connectivity index (χ4v) is 9.77. The molecule has 1 aliphatic rings. The zero-order valence-electron chi connectivity index (χ0n) is 15.7. The molecule has 0 fully saturated rings. The predicted octanol–water partition coefficient (Wildman–Crippen LogP) is 3.66. The minimum Gasteiger partial charge on any atom is -0.0623 e. The highest BCUT2D eigenvalue weighted by Gasteiger charge is 2.48. The minimum absolute atomic E-state index is 1.31. The van der Waals surface area contributed by atoms with Crippen LogP contribution in [0.4, 0.5) is 0 Å². The van der Waals surface area contributed by atoms with Crippen molar-refractivity contribution in [3.05, 3.63) is 108 Å². The maximum atomic E-state index is 2.36. The van der Waals surface area contributed by atoms with E-state index in [2.05, 4.69) is 111 Å². The molecular weight excluding hydrogens is 340 g/mol. The molecule has 0 aliphatic carbocycles. The predicted molar refractivity (Wildman–Crippen MR) is 119 cm³/mol. The van der Waals surface area contributed by atoms with Gasteiger partial charge in [-0.15, -0.1) is 0 Å². The average molecular weight is 363 g/mol. The van der Waals surface area contributed by atoms with Crippen molar-refractivity contribution in [3.8, 4) is 11.1 Å². The topological polar surface area (TPSA) is 0 Å². The van der Waals surface area contributed by atoms with Crippen LogP contribution in [-0.4, -0.2) is 8.07 Å². The monoisotopic (exact) mass is 362 g/mol. The van der Waals surface area contributed by atoms with Crippen molar-refractivity contribution in [3.63, 3.8) is 0 Å². The number of hydrogen-bond acceptors (Lipinski definition) is 0. The van der Waals surface area contributed by atoms with Crippen LogP contribution in [0.2, 0.25) is 0 Å². The Kier molecular flexibility index (Phi) is 3.66. The first-order valence-corrected chi connectivity index (χ1v) is 11.5. The van der Waals surface area contributed by atoms with E-state index in [1.54, 1.807) is 0 Å². The summed E-state index contributed by atoms with van der Waals surface area (Å²) in [5, 5.41) is 5.96. The summed E-state index contributed by atoms with van der Waals surface area (Å²) in [5.74, 6) is 0. The summed E-state index contributed by atoms with van der Waals surface area (Å²) in [4.78, 5) is 0. The lowest BCUT2D eigenvalue weighted by molar-refractivity contribution is 1.48. The van der Waals surface area contributed by atoms with Crippen LogP contribution in [0.5, 0.6) is 0 Å². The highest BCUT2D eigenvalue weighted by Crippen LogP contribution is 2.28. The summed E-state index contributed by atoms with van der Waals surface area (Å²) in [5.41, 5.74) is 5.43. The van der Waals surface area contributed by atoms with Crippen LogP contribution in [0.25, 0.3) is 11.1 Å². The molecule has 4 aromatic rings. The molecule has 1 heterocycles. The van der Waals surface area contributed by atoms with Crippen molar-refractivity contribution in [2.45, 2.75) is 13.8 Å². The quantitative estimate of drug-likeness (QED) is 0.421. The van der Waals surface area contributed by atoms with E-state index in [0.717, 1.165) is 0 Å². The van der Waals surface area contributed by atoms with Crippen LogP contribution in [-0.2, 0) is 0 Å². The SMILES string of the molecule is Cc1ccc([Si]2(c3ccc(C)cc3)c3ccccc3-c3ccccc32)cc1. The lowest BCUT2D eigenvalue weighted by Crippen LogP contribution is -2.72. The Labute approximate surface area is 162 Å². The van der Waals surface area contributed by atoms with Crippen LogP contribution in [0, 0.1) is 13.8 Å². The van der Waals surface area contributed by atoms with Gasteiger partial charge in [0.15, 0.2) is 8.07 Å². The molecule has 0 bridgehead atoms. The fraction of sp³-hybridized carbons (Fsp3) is 0.0769. The van der Waals surface area contributed by atoms with E-state index < -0.39 is 8.07 Å². The van der Waals surface area contributed by atoms with Crippen LogP contribution >= 0.6 is 0 Å². The van der Waals surface area contributed by atoms with Gasteiger partial charge in [0.1, 0.15) is 0 Å². The van der Waals surface area contributed by atoms with E-state index >= 15 is 0 Å². The summed E-state index contributed by atoms with van der Waals surface area (Å²) >= 11 is 0. The molecule has 0 saturated heterocycles. The highest BCUT2D eigenvalue weighted by atomic mass is 28.3. The summed E-state index contributed by atoms with van der Waals surface area (Å²) in [6, 6.07) is 36.6. The second kappa shape index (κ2) is 6.07. The van der Waals surface area contributed by atoms with Crippen LogP contribution in [0.3, 0.4) is 0 Å². The van der Waals surface area contributed by atoms with E-state index in [1.807, 2.05) is 0 Å². The van der Waals surface area contributed by atoms with Crippen molar-refractivity contribution in [2.24, 2.45) is 0 Å². The molecular formula is C26H22Si. The van der Waals surface area contributed by atoms with Gasteiger partial charge in [-0.25, -0.2) is 0 Å². The Morgan fingerprint density at radius 2 is 0.815 bits per heavy atom. The lowest BCUT2D eigenvalue weighted by atomic mass is 10.1. The molecule has 0 amide bonds. The van der Waals surface area contributed by atoms with E-state index in [9.17, 15) is 0 Å². The summed E-state index contributed by atoms with van der Waals surface area (Å²) in [6.45, 7) is 4.33. The van der Waals surface area contributed by atoms with Gasteiger partial charge in [0.05, 0.1) is 0 Å². The van der Waals surface area contributed by atoms with Crippen molar-refractivity contribution in [1.82, 2.24) is 0 Å². The van der Waals surface area contributed by atoms with Crippen LogP contribution in [0.1, 0.15) is 11.1 Å². The van der Waals surface area contributed by atoms with Gasteiger partial charge < -0.3 is 0 Å². The molecule has 0 saturated carbocycles. The molecule has 5 rings (SSSR count). The lowest BCUT2D eigenvalue weighted by Gasteiger charge is -2.31. The second-order valence-corrected chi connectivity index (χ2v) is 11.3. The van der Waals surface area contributed by atoms with Gasteiger partial charge in [0.2, 0.25) is 0 Å². The largest absolute Gasteiger partial charge is 0.180 e. The number of aryl methyl sites for hydroxylation is 2. The van der Waals surface area contributed by atoms with Gasteiger partial charge in [-0.1, -0.05) is 108 Å². The van der Waals surface area contributed by atoms with E-state index in [4.69, 9.17) is 0 Å². The van der Waals surface area contributed by atoms with Crippen molar-refractivity contribution in [1.29, 1.82) is 0 Å². The fourth-order valence-electron chi connectivity index (χ4n) is 4.63. The van der Waals surface area contributed by atoms with Crippen molar-refractivity contribution < 1.29 is 0 Å². The van der Waals surface area contributed by atoms with Crippen molar-refractivity contribution in [2.75, 3.05) is 0 Å². The molecule has 0 spiro atoms. The van der Waals surface area contributed by atoms with Gasteiger partial charge in [-0.2, -0.15) is 0 Å². The molecule has 0 unspecified atom stereocenters. The Morgan fingerprint density at radius 1 is 0.444 bits per heavy atom. The van der Waals surface area contributed by atoms with Crippen molar-refractivity contribution >= 4 is 28.8 Å². The van der Waals surface area contributed by atoms with Gasteiger partial charge >= 0.3 is 0 Å². The van der Waals surface area contributed by atoms with Gasteiger partial charge in [0.25, 0.3) is 0 Å². The zero-order valence-corrected chi connectivity index (χ0v) is 16.7. The van der Waals surface area contributed by atoms with E-state index in [1.165, 1.54) is 43.0 Å². The first-order valence-electron chi connectivity index (χ1n) is 9.55. The summed E-state index contributed by atoms with van der Waals surface area (Å²) in [7, 11) is -2.27. The third-order valence-corrected chi connectivity index (χ3v) is 10.8. The van der Waals surface area contributed by atoms with Crippen LogP contribution < -0.4 is 20.7 Å². The van der Waals surface area contributed by atoms with Crippen LogP contribution in [0.15, 0.2) is 97.1 Å². The second-order valence-electron chi connectivity index (χ2n) is 7.57. The molecule has 1 heteroatoms. The average Bonchev–Trinajstić information content (AvgIpc) is 3.01. The van der Waals surface area contributed by atoms with E-state index in [-0.39, 0.29) is 0 Å². The zero-order chi connectivity index (χ0) is 18.4. The minimum atomic E-state index is -2.27. The normalized spacial score (nSPS) is 13.9. The van der Waals surface area contributed by atoms with E-state index in [0.29, 0.717) is 0 Å². The smallest absolute Gasteiger partial charge is 0.0623 e. The first kappa shape index (κ1) is 16.3. The number of benzene rings is 4. The third-order valence-electron chi connectivity index (χ3n) is 5.92. The first-order chi connectivity index (χ1) is 13.2. The Hall–Kier alpha value is -2.90. The highest BCUT2D eigenvalue weighted by molar-refractivity contribution is 7.22. The molecule has 0 radical (unpaired) electrons. The van der Waals surface area contributed by atoms with Gasteiger partial charge in [-0.3, -0.25) is 0 Å². The summed E-state index contributed by atoms with van der Waals surface area (Å²) in [6.07, 6.45) is 0. The Morgan fingerprint density at radius 3 is 1.22 bits per heavy atom. The van der Waals surface area contributed by atoms with Gasteiger partial charge in [-0.05, 0) is 45.7 Å². The van der Waals surface area contributed by atoms with Gasteiger partial charge in [0, 0.05) is 0 Å². The molecule has 0 N–H and O–H groups in total. The molecule has 1 aliphatic heterocycles. The number of hydrogen-bond donors (Lipinski definition) is 0. The molecule has 4 aromatic carbocycles. The number of fused-ring (bicyclic) bond motifs is 3. The molecule has 27 heavy (non-hydrogen) atoms. The maximum absolute atomic E-state index is 2.36.